The maximum Gasteiger partial charge on any atom is 0.235 e. The topological polar surface area (TPSA) is 124 Å². The number of aliphatic imine (C=N–C) groups is 5. The van der Waals surface area contributed by atoms with Crippen molar-refractivity contribution in [1.82, 2.24) is 9.97 Å². The van der Waals surface area contributed by atoms with Gasteiger partial charge in [-0.05, 0) is 130 Å². The van der Waals surface area contributed by atoms with Crippen molar-refractivity contribution in [1.29, 1.82) is 0 Å². The lowest BCUT2D eigenvalue weighted by molar-refractivity contribution is 0.290. The molecule has 4 aliphatic rings. The van der Waals surface area contributed by atoms with Gasteiger partial charge in [-0.25, -0.2) is 29.9 Å². The molecule has 4 aliphatic heterocycles. The quantitative estimate of drug-likeness (QED) is 0.167. The number of aromatic nitrogens is 2. The molecule has 0 radical (unpaired) electrons. The van der Waals surface area contributed by atoms with Gasteiger partial charge in [0.05, 0.1) is 24.2 Å². The lowest BCUT2D eigenvalue weighted by Gasteiger charge is -2.20. The van der Waals surface area contributed by atoms with E-state index in [1.54, 1.807) is 0 Å². The van der Waals surface area contributed by atoms with E-state index in [1.165, 1.54) is 33.4 Å². The standard InChI is InChI=1S/C19H27N3O2.C17H23N3O2.C15H23N/c1-12(2)8-14-10-23-18(20-14)16-6-5-7-17(22-16)19-21-15(11-24-19)9-13(3)4;1-10(2)14-8-21-16(19-14)12-6-5-7-13(18-12)17-20-15(9-22-17)11(3)4;1-8-14-11(4)9(2)10(3)12(5)15(14)13(6)16-7/h5-7,12-15H,8-11H2,1-4H3;5-7,10-11,14-15H,8-9H2,1-4H3;8H2,1-7H3/t;14-,15?;/m.1./s1. The summed E-state index contributed by atoms with van der Waals surface area (Å²) in [5.74, 6) is 4.68. The summed E-state index contributed by atoms with van der Waals surface area (Å²) < 4.78 is 22.9. The van der Waals surface area contributed by atoms with Crippen LogP contribution in [0.5, 0.6) is 0 Å². The van der Waals surface area contributed by atoms with Crippen LogP contribution in [0.15, 0.2) is 61.4 Å². The summed E-state index contributed by atoms with van der Waals surface area (Å²) in [7, 11) is 1.87. The smallest absolute Gasteiger partial charge is 0.235 e. The average molecular weight is 848 g/mol. The molecule has 7 rings (SSSR count). The minimum absolute atomic E-state index is 0.214. The van der Waals surface area contributed by atoms with Crippen LogP contribution in [0.3, 0.4) is 0 Å². The number of benzene rings is 1. The molecule has 0 fully saturated rings. The Kier molecular flexibility index (Phi) is 17.0. The van der Waals surface area contributed by atoms with E-state index in [0.717, 1.165) is 47.7 Å². The number of nitrogens with zero attached hydrogens (tertiary/aromatic N) is 7. The average Bonchev–Trinajstić information content (AvgIpc) is 4.09. The van der Waals surface area contributed by atoms with Crippen molar-refractivity contribution in [2.45, 2.75) is 140 Å². The highest BCUT2D eigenvalue weighted by atomic mass is 16.5. The Bertz CT molecular complexity index is 2070. The molecule has 336 valence electrons. The van der Waals surface area contributed by atoms with Gasteiger partial charge in [-0.1, -0.05) is 74.4 Å². The second-order valence-electron chi connectivity index (χ2n) is 18.5. The van der Waals surface area contributed by atoms with E-state index in [2.05, 4.69) is 132 Å². The van der Waals surface area contributed by atoms with Gasteiger partial charge in [-0.2, -0.15) is 0 Å². The van der Waals surface area contributed by atoms with Crippen LogP contribution in [0, 0.1) is 51.4 Å². The highest BCUT2D eigenvalue weighted by Gasteiger charge is 2.28. The number of ether oxygens (including phenoxy) is 4. The van der Waals surface area contributed by atoms with Gasteiger partial charge in [0.1, 0.15) is 49.2 Å². The zero-order valence-electron chi connectivity index (χ0n) is 40.3. The molecular formula is C51H73N7O4. The van der Waals surface area contributed by atoms with Crippen molar-refractivity contribution in [3.8, 4) is 0 Å². The normalized spacial score (nSPS) is 20.7. The van der Waals surface area contributed by atoms with Crippen molar-refractivity contribution in [3.63, 3.8) is 0 Å². The highest BCUT2D eigenvalue weighted by molar-refractivity contribution is 6.02. The Hall–Kier alpha value is -4.93. The summed E-state index contributed by atoms with van der Waals surface area (Å²) in [5.41, 5.74) is 12.7. The van der Waals surface area contributed by atoms with Gasteiger partial charge >= 0.3 is 0 Å². The molecule has 62 heavy (non-hydrogen) atoms. The largest absolute Gasteiger partial charge is 0.474 e. The predicted molar refractivity (Wildman–Crippen MR) is 255 cm³/mol. The molecule has 0 amide bonds. The number of pyridine rings is 2. The van der Waals surface area contributed by atoms with Gasteiger partial charge in [0, 0.05) is 18.3 Å². The SMILES string of the molecule is CC(C)C1COC(c2cccc(C3=N[C@@H](C(C)C)CO3)n2)=N1.CC(C)CC1COC(c2cccc(C3=NC(CC(C)C)CO3)n2)=N1.CCc1c(C)c(C)c(C)c(C)c1C(C)=NC. The molecule has 11 heteroatoms. The maximum atomic E-state index is 5.75. The van der Waals surface area contributed by atoms with Crippen LogP contribution in [-0.2, 0) is 25.4 Å². The second-order valence-corrected chi connectivity index (χ2v) is 18.5. The third-order valence-corrected chi connectivity index (χ3v) is 12.0. The molecule has 0 bridgehead atoms. The fraction of sp³-hybridized carbons (Fsp3) is 0.588. The van der Waals surface area contributed by atoms with Crippen LogP contribution < -0.4 is 0 Å². The molecule has 1 aromatic carbocycles. The molecule has 6 heterocycles. The van der Waals surface area contributed by atoms with Gasteiger partial charge in [-0.3, -0.25) is 4.99 Å². The van der Waals surface area contributed by atoms with Crippen LogP contribution in [0.25, 0.3) is 0 Å². The molecule has 3 unspecified atom stereocenters. The van der Waals surface area contributed by atoms with E-state index in [0.29, 0.717) is 73.7 Å². The lowest BCUT2D eigenvalue weighted by Crippen LogP contribution is -2.13. The van der Waals surface area contributed by atoms with Crippen LogP contribution in [-0.4, -0.2) is 96.9 Å². The second kappa shape index (κ2) is 21.9. The van der Waals surface area contributed by atoms with Crippen LogP contribution in [0.4, 0.5) is 0 Å². The van der Waals surface area contributed by atoms with E-state index in [-0.39, 0.29) is 24.2 Å². The van der Waals surface area contributed by atoms with Crippen molar-refractivity contribution in [2.75, 3.05) is 33.5 Å². The monoisotopic (exact) mass is 848 g/mol. The molecule has 3 aromatic rings. The van der Waals surface area contributed by atoms with E-state index in [4.69, 9.17) is 18.9 Å². The lowest BCUT2D eigenvalue weighted by atomic mass is 9.86. The van der Waals surface area contributed by atoms with Crippen molar-refractivity contribution in [2.24, 2.45) is 48.6 Å². The zero-order chi connectivity index (χ0) is 45.2. The Morgan fingerprint density at radius 1 is 0.565 bits per heavy atom. The van der Waals surface area contributed by atoms with E-state index < -0.39 is 0 Å². The first-order chi connectivity index (χ1) is 29.5. The summed E-state index contributed by atoms with van der Waals surface area (Å²) in [5, 5.41) is 0. The summed E-state index contributed by atoms with van der Waals surface area (Å²) in [6.07, 6.45) is 3.15. The Morgan fingerprint density at radius 2 is 0.935 bits per heavy atom. The summed E-state index contributed by atoms with van der Waals surface area (Å²) >= 11 is 0. The molecule has 11 nitrogen and oxygen atoms in total. The first-order valence-corrected chi connectivity index (χ1v) is 22.8. The maximum absolute atomic E-state index is 5.75. The first kappa shape index (κ1) is 48.1. The number of hydrogen-bond donors (Lipinski definition) is 0. The molecule has 0 spiro atoms. The van der Waals surface area contributed by atoms with E-state index in [9.17, 15) is 0 Å². The van der Waals surface area contributed by atoms with Gasteiger partial charge in [0.15, 0.2) is 0 Å². The summed E-state index contributed by atoms with van der Waals surface area (Å²) in [6, 6.07) is 12.5. The Morgan fingerprint density at radius 3 is 1.27 bits per heavy atom. The predicted octanol–water partition coefficient (Wildman–Crippen LogP) is 10.1. The zero-order valence-corrected chi connectivity index (χ0v) is 40.3. The van der Waals surface area contributed by atoms with E-state index in [1.807, 2.05) is 43.4 Å². The fourth-order valence-corrected chi connectivity index (χ4v) is 7.96. The van der Waals surface area contributed by atoms with Crippen LogP contribution in [0.2, 0.25) is 0 Å². The first-order valence-electron chi connectivity index (χ1n) is 22.8. The fourth-order valence-electron chi connectivity index (χ4n) is 7.96. The molecule has 0 aliphatic carbocycles. The molecule has 0 saturated heterocycles. The van der Waals surface area contributed by atoms with Crippen molar-refractivity contribution >= 4 is 29.3 Å². The van der Waals surface area contributed by atoms with Gasteiger partial charge in [0.25, 0.3) is 0 Å². The van der Waals surface area contributed by atoms with Gasteiger partial charge in [-0.15, -0.1) is 0 Å². The molecule has 0 saturated carbocycles. The third-order valence-electron chi connectivity index (χ3n) is 12.0. The third kappa shape index (κ3) is 12.2. The van der Waals surface area contributed by atoms with Crippen molar-refractivity contribution < 1.29 is 18.9 Å². The van der Waals surface area contributed by atoms with Crippen LogP contribution in [0.1, 0.15) is 138 Å². The molecule has 2 aromatic heterocycles. The molecular weight excluding hydrogens is 775 g/mol. The molecule has 4 atom stereocenters. The van der Waals surface area contributed by atoms with Crippen LogP contribution >= 0.6 is 0 Å². The summed E-state index contributed by atoms with van der Waals surface area (Å²) in [6.45, 7) is 33.2. The number of hydrogen-bond acceptors (Lipinski definition) is 11. The van der Waals surface area contributed by atoms with E-state index >= 15 is 0 Å². The Balaban J connectivity index is 0.000000180. The molecule has 0 N–H and O–H groups in total. The van der Waals surface area contributed by atoms with Gasteiger partial charge in [0.2, 0.25) is 23.6 Å². The highest BCUT2D eigenvalue weighted by Crippen LogP contribution is 2.28. The Labute approximate surface area is 372 Å². The number of rotatable bonds is 12. The summed E-state index contributed by atoms with van der Waals surface area (Å²) in [4.78, 5) is 32.2. The minimum Gasteiger partial charge on any atom is -0.474 e. The van der Waals surface area contributed by atoms with Gasteiger partial charge < -0.3 is 18.9 Å². The van der Waals surface area contributed by atoms with Crippen molar-refractivity contribution in [3.05, 3.63) is 92.6 Å². The minimum atomic E-state index is 0.214.